The second-order valence-electron chi connectivity index (χ2n) is 3.97. The molecule has 0 saturated heterocycles. The van der Waals surface area contributed by atoms with Crippen molar-refractivity contribution in [1.82, 2.24) is 0 Å². The summed E-state index contributed by atoms with van der Waals surface area (Å²) in [5.41, 5.74) is 2.02. The second kappa shape index (κ2) is 4.05. The van der Waals surface area contributed by atoms with E-state index in [1.807, 2.05) is 19.1 Å². The molecule has 0 atom stereocenters. The quantitative estimate of drug-likeness (QED) is 0.808. The van der Waals surface area contributed by atoms with Crippen LogP contribution < -0.4 is 0 Å². The van der Waals surface area contributed by atoms with Crippen molar-refractivity contribution in [3.63, 3.8) is 0 Å². The Morgan fingerprint density at radius 2 is 1.69 bits per heavy atom. The van der Waals surface area contributed by atoms with Crippen molar-refractivity contribution in [2.75, 3.05) is 0 Å². The summed E-state index contributed by atoms with van der Waals surface area (Å²) in [5.74, 6) is 0.576. The van der Waals surface area contributed by atoms with Crippen molar-refractivity contribution >= 4 is 10.8 Å². The maximum atomic E-state index is 9.93. The van der Waals surface area contributed by atoms with E-state index in [1.165, 1.54) is 0 Å². The highest BCUT2D eigenvalue weighted by Gasteiger charge is 2.09. The van der Waals surface area contributed by atoms with Crippen molar-refractivity contribution in [2.45, 2.75) is 26.7 Å². The maximum absolute atomic E-state index is 9.93. The van der Waals surface area contributed by atoms with Gasteiger partial charge in [0, 0.05) is 5.56 Å². The zero-order valence-electron chi connectivity index (χ0n) is 9.62. The van der Waals surface area contributed by atoms with Gasteiger partial charge in [-0.2, -0.15) is 0 Å². The normalized spacial score (nSPS) is 10.9. The Morgan fingerprint density at radius 1 is 0.938 bits per heavy atom. The number of rotatable bonds is 2. The molecule has 0 saturated carbocycles. The molecule has 0 radical (unpaired) electrons. The summed E-state index contributed by atoms with van der Waals surface area (Å²) in [6.07, 6.45) is 1.63. The van der Waals surface area contributed by atoms with Gasteiger partial charge in [-0.15, -0.1) is 0 Å². The van der Waals surface area contributed by atoms with Gasteiger partial charge in [0.05, 0.1) is 0 Å². The van der Waals surface area contributed by atoms with Crippen LogP contribution in [0.15, 0.2) is 24.3 Å². The number of hydrogen-bond acceptors (Lipinski definition) is 2. The Morgan fingerprint density at radius 3 is 2.31 bits per heavy atom. The molecule has 0 bridgehead atoms. The molecule has 2 aromatic carbocycles. The summed E-state index contributed by atoms with van der Waals surface area (Å²) in [7, 11) is 0. The highest BCUT2D eigenvalue weighted by Crippen LogP contribution is 2.33. The van der Waals surface area contributed by atoms with Gasteiger partial charge in [0.15, 0.2) is 0 Å². The molecule has 2 aromatic rings. The number of aryl methyl sites for hydroxylation is 2. The largest absolute Gasteiger partial charge is 0.508 e. The second-order valence-corrected chi connectivity index (χ2v) is 3.97. The molecule has 0 aliphatic carbocycles. The van der Waals surface area contributed by atoms with Crippen LogP contribution in [0.2, 0.25) is 0 Å². The van der Waals surface area contributed by atoms with Crippen LogP contribution in [0.5, 0.6) is 11.5 Å². The summed E-state index contributed by atoms with van der Waals surface area (Å²) in [6, 6.07) is 7.17. The Kier molecular flexibility index (Phi) is 2.73. The number of phenols is 2. The van der Waals surface area contributed by atoms with Gasteiger partial charge in [-0.1, -0.05) is 19.9 Å². The zero-order valence-corrected chi connectivity index (χ0v) is 9.62. The lowest BCUT2D eigenvalue weighted by atomic mass is 9.96. The topological polar surface area (TPSA) is 40.5 Å². The Balaban J connectivity index is 2.88. The Labute approximate surface area is 95.2 Å². The summed E-state index contributed by atoms with van der Waals surface area (Å²) >= 11 is 0. The van der Waals surface area contributed by atoms with Gasteiger partial charge in [-0.25, -0.2) is 0 Å². The minimum atomic E-state index is 0.245. The van der Waals surface area contributed by atoms with Crippen LogP contribution in [0, 0.1) is 0 Å². The summed E-state index contributed by atoms with van der Waals surface area (Å²) in [6.45, 7) is 4.07. The molecule has 2 rings (SSSR count). The van der Waals surface area contributed by atoms with Crippen LogP contribution >= 0.6 is 0 Å². The van der Waals surface area contributed by atoms with E-state index in [2.05, 4.69) is 6.92 Å². The molecule has 0 heterocycles. The van der Waals surface area contributed by atoms with Gasteiger partial charge in [-0.3, -0.25) is 0 Å². The fourth-order valence-electron chi connectivity index (χ4n) is 2.19. The smallest absolute Gasteiger partial charge is 0.119 e. The molecule has 84 valence electrons. The number of phenolic OH excluding ortho intramolecular Hbond substituents is 2. The highest BCUT2D eigenvalue weighted by molar-refractivity contribution is 5.91. The predicted octanol–water partition coefficient (Wildman–Crippen LogP) is 3.38. The van der Waals surface area contributed by atoms with Crippen molar-refractivity contribution in [3.05, 3.63) is 35.4 Å². The predicted molar refractivity (Wildman–Crippen MR) is 66.0 cm³/mol. The molecular weight excluding hydrogens is 200 g/mol. The first kappa shape index (κ1) is 10.8. The van der Waals surface area contributed by atoms with Crippen LogP contribution in [0.4, 0.5) is 0 Å². The third kappa shape index (κ3) is 1.60. The average molecular weight is 216 g/mol. The van der Waals surface area contributed by atoms with Gasteiger partial charge in [-0.05, 0) is 47.4 Å². The molecule has 2 nitrogen and oxygen atoms in total. The van der Waals surface area contributed by atoms with Crippen molar-refractivity contribution in [3.8, 4) is 11.5 Å². The molecule has 0 fully saturated rings. The first-order chi connectivity index (χ1) is 7.67. The molecule has 16 heavy (non-hydrogen) atoms. The zero-order chi connectivity index (χ0) is 11.7. The number of hydrogen-bond donors (Lipinski definition) is 2. The third-order valence-corrected chi connectivity index (χ3v) is 3.03. The van der Waals surface area contributed by atoms with E-state index < -0.39 is 0 Å². The lowest BCUT2D eigenvalue weighted by molar-refractivity contribution is 0.469. The fraction of sp³-hybridized carbons (Fsp3) is 0.286. The van der Waals surface area contributed by atoms with E-state index in [4.69, 9.17) is 0 Å². The van der Waals surface area contributed by atoms with Gasteiger partial charge in [0.25, 0.3) is 0 Å². The monoisotopic (exact) mass is 216 g/mol. The van der Waals surface area contributed by atoms with Gasteiger partial charge in [0.1, 0.15) is 11.5 Å². The molecule has 0 amide bonds. The average Bonchev–Trinajstić information content (AvgIpc) is 2.27. The lowest BCUT2D eigenvalue weighted by Gasteiger charge is -2.11. The fourth-order valence-corrected chi connectivity index (χ4v) is 2.19. The molecule has 0 spiro atoms. The number of fused-ring (bicyclic) bond motifs is 1. The Bertz CT molecular complexity index is 530. The molecule has 0 aromatic heterocycles. The first-order valence-electron chi connectivity index (χ1n) is 5.63. The number of aromatic hydroxyl groups is 2. The van der Waals surface area contributed by atoms with Crippen molar-refractivity contribution in [2.24, 2.45) is 0 Å². The maximum Gasteiger partial charge on any atom is 0.119 e. The van der Waals surface area contributed by atoms with E-state index in [0.717, 1.165) is 34.7 Å². The van der Waals surface area contributed by atoms with Crippen LogP contribution in [0.3, 0.4) is 0 Å². The van der Waals surface area contributed by atoms with E-state index in [0.29, 0.717) is 5.75 Å². The molecule has 0 aliphatic rings. The molecule has 0 aliphatic heterocycles. The number of benzene rings is 2. The van der Waals surface area contributed by atoms with E-state index >= 15 is 0 Å². The molecule has 2 heteroatoms. The lowest BCUT2D eigenvalue weighted by Crippen LogP contribution is -1.90. The first-order valence-corrected chi connectivity index (χ1v) is 5.63. The van der Waals surface area contributed by atoms with Crippen LogP contribution in [0.1, 0.15) is 25.0 Å². The molecular formula is C14H16O2. The van der Waals surface area contributed by atoms with E-state index in [9.17, 15) is 10.2 Å². The van der Waals surface area contributed by atoms with E-state index in [-0.39, 0.29) is 5.75 Å². The summed E-state index contributed by atoms with van der Waals surface area (Å²) in [5, 5.41) is 21.5. The van der Waals surface area contributed by atoms with Crippen molar-refractivity contribution in [1.29, 1.82) is 0 Å². The minimum Gasteiger partial charge on any atom is -0.508 e. The van der Waals surface area contributed by atoms with Crippen LogP contribution in [0.25, 0.3) is 10.8 Å². The minimum absolute atomic E-state index is 0.245. The summed E-state index contributed by atoms with van der Waals surface area (Å²) < 4.78 is 0. The van der Waals surface area contributed by atoms with Gasteiger partial charge in [0.2, 0.25) is 0 Å². The molecule has 2 N–H and O–H groups in total. The standard InChI is InChI=1S/C14H16O2/c1-3-9-7-14(16)11(4-2)13-8-10(15)5-6-12(9)13/h5-8,15-16H,3-4H2,1-2H3. The summed E-state index contributed by atoms with van der Waals surface area (Å²) in [4.78, 5) is 0. The van der Waals surface area contributed by atoms with Crippen molar-refractivity contribution < 1.29 is 10.2 Å². The third-order valence-electron chi connectivity index (χ3n) is 3.03. The van der Waals surface area contributed by atoms with Gasteiger partial charge < -0.3 is 10.2 Å². The van der Waals surface area contributed by atoms with E-state index in [1.54, 1.807) is 12.1 Å². The van der Waals surface area contributed by atoms with Gasteiger partial charge >= 0.3 is 0 Å². The van der Waals surface area contributed by atoms with Crippen LogP contribution in [-0.2, 0) is 12.8 Å². The Hall–Kier alpha value is -1.70. The molecule has 0 unspecified atom stereocenters. The van der Waals surface area contributed by atoms with Crippen LogP contribution in [-0.4, -0.2) is 10.2 Å². The highest BCUT2D eigenvalue weighted by atomic mass is 16.3. The SMILES string of the molecule is CCc1cc(O)c(CC)c2cc(O)ccc12.